The lowest BCUT2D eigenvalue weighted by molar-refractivity contribution is -0.141. The Morgan fingerprint density at radius 2 is 2.09 bits per heavy atom. The predicted molar refractivity (Wildman–Crippen MR) is 125 cm³/mol. The first kappa shape index (κ1) is 21.1. The van der Waals surface area contributed by atoms with Crippen LogP contribution in [0, 0.1) is 0 Å². The minimum atomic E-state index is -0.401. The van der Waals surface area contributed by atoms with Gasteiger partial charge in [0.2, 0.25) is 5.95 Å². The monoisotopic (exact) mass is 458 g/mol. The second-order valence-electron chi connectivity index (χ2n) is 7.57. The van der Waals surface area contributed by atoms with Gasteiger partial charge in [-0.15, -0.1) is 10.2 Å². The normalized spacial score (nSPS) is 11.0. The number of esters is 1. The lowest BCUT2D eigenvalue weighted by Gasteiger charge is -2.10. The van der Waals surface area contributed by atoms with Crippen molar-refractivity contribution >= 4 is 28.8 Å². The van der Waals surface area contributed by atoms with Gasteiger partial charge in [-0.3, -0.25) is 19.5 Å². The van der Waals surface area contributed by atoms with Crippen LogP contribution in [-0.2, 0) is 29.7 Å². The number of methoxy groups -OCH3 is 1. The lowest BCUT2D eigenvalue weighted by Crippen LogP contribution is -2.17. The van der Waals surface area contributed by atoms with Gasteiger partial charge in [-0.1, -0.05) is 18.2 Å². The summed E-state index contributed by atoms with van der Waals surface area (Å²) in [4.78, 5) is 20.4. The molecular weight excluding hydrogens is 436 g/mol. The van der Waals surface area contributed by atoms with E-state index in [4.69, 9.17) is 4.74 Å². The maximum Gasteiger partial charge on any atom is 0.325 e. The summed E-state index contributed by atoms with van der Waals surface area (Å²) in [7, 11) is 3.24. The summed E-state index contributed by atoms with van der Waals surface area (Å²) >= 11 is 0. The van der Waals surface area contributed by atoms with Gasteiger partial charge in [-0.05, 0) is 23.3 Å². The number of aromatic nitrogens is 8. The third-order valence-corrected chi connectivity index (χ3v) is 5.27. The van der Waals surface area contributed by atoms with Crippen LogP contribution in [0.2, 0.25) is 0 Å². The highest BCUT2D eigenvalue weighted by Crippen LogP contribution is 2.23. The number of hydrogen-bond donors (Lipinski definition) is 2. The van der Waals surface area contributed by atoms with E-state index in [2.05, 4.69) is 54.2 Å². The Labute approximate surface area is 194 Å². The molecule has 1 aromatic carbocycles. The third-order valence-electron chi connectivity index (χ3n) is 5.27. The van der Waals surface area contributed by atoms with E-state index in [9.17, 15) is 4.79 Å². The van der Waals surface area contributed by atoms with Crippen molar-refractivity contribution in [3.05, 3.63) is 67.1 Å². The molecule has 5 aromatic rings. The number of nitrogens with one attached hydrogen (secondary N) is 2. The van der Waals surface area contributed by atoms with Crippen LogP contribution in [0.3, 0.4) is 0 Å². The molecule has 0 spiro atoms. The van der Waals surface area contributed by atoms with Crippen molar-refractivity contribution in [3.63, 3.8) is 0 Å². The van der Waals surface area contributed by atoms with Crippen molar-refractivity contribution in [3.8, 4) is 11.1 Å². The number of nitrogens with zero attached hydrogens (tertiary/aromatic N) is 8. The zero-order valence-corrected chi connectivity index (χ0v) is 18.6. The van der Waals surface area contributed by atoms with E-state index in [1.165, 1.54) is 19.8 Å². The van der Waals surface area contributed by atoms with Crippen LogP contribution < -0.4 is 10.7 Å². The van der Waals surface area contributed by atoms with Gasteiger partial charge in [-0.25, -0.2) is 14.6 Å². The summed E-state index contributed by atoms with van der Waals surface area (Å²) in [6.07, 6.45) is 8.59. The summed E-state index contributed by atoms with van der Waals surface area (Å²) in [5.41, 5.74) is 7.04. The molecular formula is C22H22N10O2. The fourth-order valence-electron chi connectivity index (χ4n) is 3.57. The Kier molecular flexibility index (Phi) is 5.60. The standard InChI is InChI=1S/C22H22N10O2/c1-30-11-17(10-27-30)16-5-3-4-15(8-16)9-23-20-18-6-7-32(21(18)25-13-24-20)29-22-28-26-14-31(22)12-19(33)34-2/h3-8,10-11,13-14H,9,12H2,1-2H3,(H,28,29)(H,23,24,25). The van der Waals surface area contributed by atoms with Crippen LogP contribution in [0.25, 0.3) is 22.2 Å². The fraction of sp³-hybridized carbons (Fsp3) is 0.182. The van der Waals surface area contributed by atoms with Crippen LogP contribution in [0.5, 0.6) is 0 Å². The van der Waals surface area contributed by atoms with Gasteiger partial charge in [0.05, 0.1) is 18.7 Å². The summed E-state index contributed by atoms with van der Waals surface area (Å²) in [5, 5.41) is 16.4. The molecule has 0 aliphatic carbocycles. The highest BCUT2D eigenvalue weighted by Gasteiger charge is 2.13. The minimum Gasteiger partial charge on any atom is -0.468 e. The quantitative estimate of drug-likeness (QED) is 0.336. The number of ether oxygens (including phenoxy) is 1. The molecule has 34 heavy (non-hydrogen) atoms. The molecule has 4 heterocycles. The first-order valence-corrected chi connectivity index (χ1v) is 10.5. The first-order valence-electron chi connectivity index (χ1n) is 10.5. The molecule has 0 unspecified atom stereocenters. The van der Waals surface area contributed by atoms with Crippen LogP contribution >= 0.6 is 0 Å². The molecule has 0 bridgehead atoms. The van der Waals surface area contributed by atoms with Crippen LogP contribution in [0.4, 0.5) is 11.8 Å². The molecule has 0 atom stereocenters. The number of rotatable bonds is 8. The number of aryl methyl sites for hydroxylation is 1. The van der Waals surface area contributed by atoms with Crippen molar-refractivity contribution in [2.24, 2.45) is 7.05 Å². The molecule has 0 amide bonds. The number of benzene rings is 1. The Morgan fingerprint density at radius 1 is 1.18 bits per heavy atom. The molecule has 0 saturated carbocycles. The lowest BCUT2D eigenvalue weighted by atomic mass is 10.1. The van der Waals surface area contributed by atoms with E-state index >= 15 is 0 Å². The maximum atomic E-state index is 11.6. The van der Waals surface area contributed by atoms with Crippen molar-refractivity contribution in [1.29, 1.82) is 0 Å². The van der Waals surface area contributed by atoms with E-state index in [0.717, 1.165) is 22.1 Å². The minimum absolute atomic E-state index is 0.00900. The Bertz CT molecular complexity index is 1450. The topological polar surface area (TPSA) is 130 Å². The molecule has 172 valence electrons. The van der Waals surface area contributed by atoms with E-state index in [0.29, 0.717) is 24.0 Å². The average molecular weight is 458 g/mol. The van der Waals surface area contributed by atoms with Gasteiger partial charge in [0.1, 0.15) is 25.0 Å². The summed E-state index contributed by atoms with van der Waals surface area (Å²) in [6, 6.07) is 10.2. The number of carbonyl (C=O) groups is 1. The molecule has 5 rings (SSSR count). The summed E-state index contributed by atoms with van der Waals surface area (Å²) < 4.78 is 9.75. The van der Waals surface area contributed by atoms with E-state index in [1.54, 1.807) is 13.9 Å². The zero-order chi connectivity index (χ0) is 23.5. The largest absolute Gasteiger partial charge is 0.468 e. The predicted octanol–water partition coefficient (Wildman–Crippen LogP) is 2.08. The smallest absolute Gasteiger partial charge is 0.325 e. The molecule has 4 aromatic heterocycles. The number of fused-ring (bicyclic) bond motifs is 1. The van der Waals surface area contributed by atoms with Gasteiger partial charge < -0.3 is 10.1 Å². The summed E-state index contributed by atoms with van der Waals surface area (Å²) in [5.74, 6) is 0.679. The molecule has 12 heteroatoms. The third kappa shape index (κ3) is 4.28. The van der Waals surface area contributed by atoms with Gasteiger partial charge >= 0.3 is 5.97 Å². The van der Waals surface area contributed by atoms with Crippen molar-refractivity contribution in [2.75, 3.05) is 17.9 Å². The Morgan fingerprint density at radius 3 is 2.91 bits per heavy atom. The fourth-order valence-corrected chi connectivity index (χ4v) is 3.57. The highest BCUT2D eigenvalue weighted by molar-refractivity contribution is 5.87. The molecule has 0 aliphatic heterocycles. The van der Waals surface area contributed by atoms with Gasteiger partial charge in [-0.2, -0.15) is 5.10 Å². The first-order chi connectivity index (χ1) is 16.6. The number of carbonyl (C=O) groups excluding carboxylic acids is 1. The molecule has 0 aliphatic rings. The molecule has 0 saturated heterocycles. The SMILES string of the molecule is COC(=O)Cn1cnnc1Nn1ccc2c(NCc3cccc(-c4cnn(C)c4)c3)ncnc21. The average Bonchev–Trinajstić information content (AvgIpc) is 3.59. The van der Waals surface area contributed by atoms with Crippen LogP contribution in [0.1, 0.15) is 5.56 Å². The van der Waals surface area contributed by atoms with Gasteiger partial charge in [0.25, 0.3) is 0 Å². The second-order valence-corrected chi connectivity index (χ2v) is 7.57. The van der Waals surface area contributed by atoms with Gasteiger partial charge in [0, 0.05) is 31.5 Å². The molecule has 12 nitrogen and oxygen atoms in total. The van der Waals surface area contributed by atoms with Crippen molar-refractivity contribution in [2.45, 2.75) is 13.1 Å². The number of hydrogen-bond acceptors (Lipinski definition) is 9. The van der Waals surface area contributed by atoms with Crippen LogP contribution in [0.15, 0.2) is 61.6 Å². The second kappa shape index (κ2) is 9.02. The van der Waals surface area contributed by atoms with E-state index in [-0.39, 0.29) is 6.54 Å². The maximum absolute atomic E-state index is 11.6. The van der Waals surface area contributed by atoms with Gasteiger partial charge in [0.15, 0.2) is 5.65 Å². The summed E-state index contributed by atoms with van der Waals surface area (Å²) in [6.45, 7) is 0.581. The number of anilines is 2. The van der Waals surface area contributed by atoms with Crippen molar-refractivity contribution in [1.82, 2.24) is 39.2 Å². The van der Waals surface area contributed by atoms with Crippen LogP contribution in [-0.4, -0.2) is 52.3 Å². The Balaban J connectivity index is 1.34. The van der Waals surface area contributed by atoms with E-state index in [1.807, 2.05) is 37.8 Å². The van der Waals surface area contributed by atoms with Crippen molar-refractivity contribution < 1.29 is 9.53 Å². The zero-order valence-electron chi connectivity index (χ0n) is 18.6. The Hall–Kier alpha value is -4.74. The highest BCUT2D eigenvalue weighted by atomic mass is 16.5. The molecule has 2 N–H and O–H groups in total. The van der Waals surface area contributed by atoms with E-state index < -0.39 is 5.97 Å². The molecule has 0 radical (unpaired) electrons. The molecule has 0 fully saturated rings.